The Morgan fingerprint density at radius 3 is 2.45 bits per heavy atom. The molecule has 3 fully saturated rings. The lowest BCUT2D eigenvalue weighted by Gasteiger charge is -2.41. The molecule has 1 spiro atoms. The monoisotopic (exact) mass is 791 g/mol. The Hall–Kier alpha value is -3.80. The normalized spacial score (nSPS) is 26.7. The maximum atomic E-state index is 15.2. The van der Waals surface area contributed by atoms with Gasteiger partial charge in [0, 0.05) is 30.5 Å². The number of alkyl halides is 1. The third-order valence-corrected chi connectivity index (χ3v) is 12.5. The number of aryl methyl sites for hydroxylation is 2. The number of fused-ring (bicyclic) bond motifs is 1. The highest BCUT2D eigenvalue weighted by molar-refractivity contribution is 9.09. The number of esters is 1. The third kappa shape index (κ3) is 7.36. The Labute approximate surface area is 322 Å². The number of allylic oxidation sites excluding steroid dienone is 1. The lowest BCUT2D eigenvalue weighted by atomic mass is 9.70. The van der Waals surface area contributed by atoms with Crippen molar-refractivity contribution in [3.63, 3.8) is 0 Å². The molecule has 0 aromatic heterocycles. The van der Waals surface area contributed by atoms with Gasteiger partial charge in [-0.15, -0.1) is 13.2 Å². The molecule has 286 valence electrons. The van der Waals surface area contributed by atoms with E-state index >= 15 is 9.59 Å². The average molecular weight is 793 g/mol. The van der Waals surface area contributed by atoms with Crippen molar-refractivity contribution in [1.29, 1.82) is 0 Å². The van der Waals surface area contributed by atoms with E-state index in [1.807, 2.05) is 83.1 Å². The zero-order valence-electron chi connectivity index (χ0n) is 31.7. The Bertz CT molecular complexity index is 1700. The van der Waals surface area contributed by atoms with E-state index in [1.165, 1.54) is 4.90 Å². The molecule has 2 aromatic carbocycles. The van der Waals surface area contributed by atoms with Crippen LogP contribution in [-0.2, 0) is 28.7 Å². The Morgan fingerprint density at radius 1 is 1.13 bits per heavy atom. The molecule has 0 saturated carbocycles. The van der Waals surface area contributed by atoms with Crippen LogP contribution in [-0.4, -0.2) is 93.5 Å². The molecule has 1 unspecified atom stereocenters. The summed E-state index contributed by atoms with van der Waals surface area (Å²) in [6.45, 7) is 17.1. The molecule has 3 amide bonds. The lowest BCUT2D eigenvalue weighted by molar-refractivity contribution is -0.165. The van der Waals surface area contributed by atoms with Gasteiger partial charge in [0.05, 0.1) is 36.6 Å². The molecule has 11 heteroatoms. The molecule has 2 aromatic rings. The van der Waals surface area contributed by atoms with Gasteiger partial charge < -0.3 is 29.3 Å². The number of hydrogen-bond donors (Lipinski definition) is 1. The number of carbonyl (C=O) groups is 4. The van der Waals surface area contributed by atoms with Gasteiger partial charge >= 0.3 is 5.97 Å². The van der Waals surface area contributed by atoms with Crippen molar-refractivity contribution < 1.29 is 33.8 Å². The maximum Gasteiger partial charge on any atom is 0.313 e. The van der Waals surface area contributed by atoms with Gasteiger partial charge in [0.2, 0.25) is 11.8 Å². The van der Waals surface area contributed by atoms with Crippen LogP contribution in [0.2, 0.25) is 0 Å². The number of aliphatic hydroxyl groups excluding tert-OH is 1. The highest BCUT2D eigenvalue weighted by Gasteiger charge is 2.78. The third-order valence-electron chi connectivity index (χ3n) is 11.7. The van der Waals surface area contributed by atoms with Crippen LogP contribution in [0.25, 0.3) is 0 Å². The predicted molar refractivity (Wildman–Crippen MR) is 208 cm³/mol. The van der Waals surface area contributed by atoms with Crippen LogP contribution in [0, 0.1) is 31.6 Å². The number of anilines is 1. The van der Waals surface area contributed by atoms with Crippen LogP contribution in [0.15, 0.2) is 73.8 Å². The van der Waals surface area contributed by atoms with Crippen LogP contribution in [0.3, 0.4) is 0 Å². The number of hydrogen-bond acceptors (Lipinski definition) is 7. The summed E-state index contributed by atoms with van der Waals surface area (Å²) in [6.07, 6.45) is 3.46. The predicted octanol–water partition coefficient (Wildman–Crippen LogP) is 6.08. The van der Waals surface area contributed by atoms with E-state index in [-0.39, 0.29) is 42.1 Å². The van der Waals surface area contributed by atoms with Gasteiger partial charge in [0.25, 0.3) is 5.91 Å². The lowest BCUT2D eigenvalue weighted by Crippen LogP contribution is -2.60. The number of rotatable bonds is 16. The van der Waals surface area contributed by atoms with Gasteiger partial charge in [0.1, 0.15) is 17.7 Å². The molecular weight excluding hydrogens is 738 g/mol. The zero-order valence-corrected chi connectivity index (χ0v) is 33.3. The molecule has 1 N–H and O–H groups in total. The van der Waals surface area contributed by atoms with Gasteiger partial charge in [0.15, 0.2) is 0 Å². The fourth-order valence-electron chi connectivity index (χ4n) is 8.51. The fraction of sp³-hybridized carbons (Fsp3) is 0.524. The smallest absolute Gasteiger partial charge is 0.313 e. The van der Waals surface area contributed by atoms with E-state index in [0.717, 1.165) is 11.1 Å². The summed E-state index contributed by atoms with van der Waals surface area (Å²) in [6, 6.07) is 12.7. The van der Waals surface area contributed by atoms with Crippen molar-refractivity contribution >= 4 is 45.3 Å². The number of nitrogens with zero attached hydrogens (tertiary/aromatic N) is 3. The van der Waals surface area contributed by atoms with Gasteiger partial charge in [-0.05, 0) is 62.3 Å². The van der Waals surface area contributed by atoms with Crippen molar-refractivity contribution in [3.05, 3.63) is 90.5 Å². The van der Waals surface area contributed by atoms with Crippen LogP contribution >= 0.6 is 15.9 Å². The molecule has 10 atom stereocenters. The largest absolute Gasteiger partial charge is 0.455 e. The van der Waals surface area contributed by atoms with Crippen LogP contribution in [0.5, 0.6) is 0 Å². The van der Waals surface area contributed by atoms with Gasteiger partial charge in [-0.2, -0.15) is 0 Å². The van der Waals surface area contributed by atoms with Crippen molar-refractivity contribution in [3.8, 4) is 0 Å². The molecule has 5 rings (SSSR count). The van der Waals surface area contributed by atoms with Crippen molar-refractivity contribution in [1.82, 2.24) is 9.80 Å². The van der Waals surface area contributed by atoms with E-state index in [4.69, 9.17) is 9.47 Å². The zero-order chi connectivity index (χ0) is 38.8. The molecule has 53 heavy (non-hydrogen) atoms. The first-order valence-corrected chi connectivity index (χ1v) is 19.6. The minimum atomic E-state index is -1.37. The summed E-state index contributed by atoms with van der Waals surface area (Å²) in [4.78, 5) is 62.4. The summed E-state index contributed by atoms with van der Waals surface area (Å²) in [7, 11) is 1.69. The summed E-state index contributed by atoms with van der Waals surface area (Å²) >= 11 is 3.77. The fourth-order valence-corrected chi connectivity index (χ4v) is 9.45. The second-order valence-electron chi connectivity index (χ2n) is 14.9. The maximum absolute atomic E-state index is 15.2. The number of halogens is 1. The highest BCUT2D eigenvalue weighted by Crippen LogP contribution is 2.61. The van der Waals surface area contributed by atoms with E-state index in [9.17, 15) is 14.7 Å². The van der Waals surface area contributed by atoms with Gasteiger partial charge in [-0.1, -0.05) is 90.8 Å². The number of likely N-dealkylation sites (N-methyl/N-ethyl adjacent to an activating group) is 1. The number of benzene rings is 2. The summed E-state index contributed by atoms with van der Waals surface area (Å²) < 4.78 is 13.2. The van der Waals surface area contributed by atoms with E-state index in [0.29, 0.717) is 30.5 Å². The molecule has 10 nitrogen and oxygen atoms in total. The molecule has 3 aliphatic rings. The molecule has 0 aliphatic carbocycles. The van der Waals surface area contributed by atoms with Crippen LogP contribution < -0.4 is 4.90 Å². The van der Waals surface area contributed by atoms with Gasteiger partial charge in [-0.25, -0.2) is 0 Å². The number of amides is 3. The second kappa shape index (κ2) is 16.7. The van der Waals surface area contributed by atoms with E-state index < -0.39 is 59.6 Å². The first-order valence-electron chi connectivity index (χ1n) is 18.6. The molecule has 3 heterocycles. The first-order chi connectivity index (χ1) is 25.3. The molecule has 2 bridgehead atoms. The van der Waals surface area contributed by atoms with Gasteiger partial charge in [-0.3, -0.25) is 19.2 Å². The van der Waals surface area contributed by atoms with E-state index in [2.05, 4.69) is 29.1 Å². The van der Waals surface area contributed by atoms with Crippen LogP contribution in [0.4, 0.5) is 5.69 Å². The standard InChI is InChI=1S/C42H54BrN3O7/c1-9-12-18-33(48)44(8)28(7)36(29-16-14-13-15-17-29)52-41(51)34-35-39(49)46(32(24-47)26(5)11-3)38(42(35)23-30(43)37(34)53-42)40(50)45(21-10-2)31-22-25(4)19-20-27(31)6/h9-10,13-17,19-20,22,26,28,30,32,34-38,47H,1-2,11-12,18,21,23-24H2,3-8H3/t26-,28+,30?,32-,34-,35+,36-,37-,38-,42+/m0/s1. The SMILES string of the molecule is C=CCCC(=O)N(C)[C@H](C)[C@H](OC(=O)[C@@H]1[C@H]2O[C@@]3(CC2Br)[C@H](C(=O)N(CC=C)c2cc(C)ccc2C)N([C@@H](CO)[C@@H](C)CC)C(=O)[C@@H]13)c1ccccc1. The summed E-state index contributed by atoms with van der Waals surface area (Å²) in [5.74, 6) is -3.78. The van der Waals surface area contributed by atoms with Crippen molar-refractivity contribution in [2.24, 2.45) is 17.8 Å². The van der Waals surface area contributed by atoms with Crippen molar-refractivity contribution in [2.75, 3.05) is 25.1 Å². The van der Waals surface area contributed by atoms with E-state index in [1.54, 1.807) is 29.0 Å². The number of likely N-dealkylation sites (tertiary alicyclic amines) is 1. The molecular formula is C42H54BrN3O7. The molecule has 3 aliphatic heterocycles. The minimum Gasteiger partial charge on any atom is -0.455 e. The topological polar surface area (TPSA) is 117 Å². The number of carbonyl (C=O) groups excluding carboxylic acids is 4. The van der Waals surface area contributed by atoms with Crippen molar-refractivity contribution in [2.45, 2.75) is 101 Å². The molecule has 3 saturated heterocycles. The Kier molecular flexibility index (Phi) is 12.7. The Balaban J connectivity index is 1.59. The quantitative estimate of drug-likeness (QED) is 0.125. The number of ether oxygens (including phenoxy) is 2. The number of aliphatic hydroxyl groups is 1. The minimum absolute atomic E-state index is 0.118. The summed E-state index contributed by atoms with van der Waals surface area (Å²) in [5, 5.41) is 10.8. The second-order valence-corrected chi connectivity index (χ2v) is 16.1. The Morgan fingerprint density at radius 2 is 1.83 bits per heavy atom. The first kappa shape index (κ1) is 40.4. The van der Waals surface area contributed by atoms with Crippen LogP contribution in [0.1, 0.15) is 69.2 Å². The summed E-state index contributed by atoms with van der Waals surface area (Å²) in [5.41, 5.74) is 1.86. The molecule has 0 radical (unpaired) electrons. The highest BCUT2D eigenvalue weighted by atomic mass is 79.9. The average Bonchev–Trinajstić information content (AvgIpc) is 3.75.